The number of benzene rings is 2. The summed E-state index contributed by atoms with van der Waals surface area (Å²) in [5.74, 6) is 0.603. The highest BCUT2D eigenvalue weighted by molar-refractivity contribution is 5.86. The molecule has 0 saturated heterocycles. The lowest BCUT2D eigenvalue weighted by atomic mass is 10.2. The Morgan fingerprint density at radius 1 is 1.04 bits per heavy atom. The zero-order valence-corrected chi connectivity index (χ0v) is 14.0. The second-order valence-electron chi connectivity index (χ2n) is 5.07. The second-order valence-corrected chi connectivity index (χ2v) is 5.07. The van der Waals surface area contributed by atoms with E-state index in [0.717, 1.165) is 18.8 Å². The molecule has 0 atom stereocenters. The molecule has 1 N–H and O–H groups in total. The molecule has 2 aromatic carbocycles. The Labute approximate surface area is 138 Å². The third kappa shape index (κ3) is 4.25. The van der Waals surface area contributed by atoms with E-state index in [1.807, 2.05) is 31.2 Å². The van der Waals surface area contributed by atoms with Crippen LogP contribution in [0.2, 0.25) is 0 Å². The molecule has 0 aliphatic rings. The first kappa shape index (κ1) is 16.9. The van der Waals surface area contributed by atoms with Gasteiger partial charge in [-0.25, -0.2) is 0 Å². The number of rotatable bonds is 7. The van der Waals surface area contributed by atoms with Crippen molar-refractivity contribution in [3.63, 3.8) is 0 Å². The van der Waals surface area contributed by atoms with Crippen molar-refractivity contribution in [1.29, 1.82) is 0 Å². The maximum absolute atomic E-state index is 10.2. The highest BCUT2D eigenvalue weighted by Gasteiger charge is 2.06. The summed E-state index contributed by atoms with van der Waals surface area (Å²) in [5, 5.41) is 10.2. The number of phenolic OH excluding ortho intramolecular Hbond substituents is 1. The van der Waals surface area contributed by atoms with E-state index < -0.39 is 0 Å². The molecule has 0 amide bonds. The van der Waals surface area contributed by atoms with Gasteiger partial charge in [-0.2, -0.15) is 0 Å². The van der Waals surface area contributed by atoms with Crippen LogP contribution in [0.1, 0.15) is 26.3 Å². The fourth-order valence-corrected chi connectivity index (χ4v) is 2.40. The van der Waals surface area contributed by atoms with Gasteiger partial charge in [0.05, 0.1) is 12.3 Å². The minimum Gasteiger partial charge on any atom is -0.504 e. The van der Waals surface area contributed by atoms with Crippen LogP contribution in [0.15, 0.2) is 47.5 Å². The van der Waals surface area contributed by atoms with Crippen LogP contribution in [0.4, 0.5) is 11.4 Å². The first-order valence-corrected chi connectivity index (χ1v) is 8.03. The summed E-state index contributed by atoms with van der Waals surface area (Å²) in [6.07, 6.45) is 1.66. The molecule has 0 heterocycles. The molecule has 0 aromatic heterocycles. The van der Waals surface area contributed by atoms with Crippen molar-refractivity contribution in [3.8, 4) is 11.5 Å². The number of anilines is 1. The van der Waals surface area contributed by atoms with Crippen molar-refractivity contribution >= 4 is 17.6 Å². The van der Waals surface area contributed by atoms with E-state index in [1.165, 1.54) is 5.69 Å². The van der Waals surface area contributed by atoms with Crippen molar-refractivity contribution in [3.05, 3.63) is 48.0 Å². The van der Waals surface area contributed by atoms with Gasteiger partial charge in [0.25, 0.3) is 0 Å². The molecule has 2 rings (SSSR count). The van der Waals surface area contributed by atoms with Crippen molar-refractivity contribution in [2.45, 2.75) is 20.8 Å². The zero-order chi connectivity index (χ0) is 16.7. The van der Waals surface area contributed by atoms with Crippen molar-refractivity contribution in [1.82, 2.24) is 0 Å². The molecule has 0 spiro atoms. The van der Waals surface area contributed by atoms with Gasteiger partial charge >= 0.3 is 0 Å². The summed E-state index contributed by atoms with van der Waals surface area (Å²) in [6.45, 7) is 8.65. The van der Waals surface area contributed by atoms with Crippen LogP contribution in [0.25, 0.3) is 0 Å². The number of nitrogens with zero attached hydrogens (tertiary/aromatic N) is 2. The fraction of sp³-hybridized carbons (Fsp3) is 0.316. The average Bonchev–Trinajstić information content (AvgIpc) is 2.58. The Morgan fingerprint density at radius 3 is 2.35 bits per heavy atom. The van der Waals surface area contributed by atoms with Crippen LogP contribution in [-0.2, 0) is 0 Å². The van der Waals surface area contributed by atoms with Crippen molar-refractivity contribution in [2.75, 3.05) is 24.6 Å². The van der Waals surface area contributed by atoms with Gasteiger partial charge in [-0.15, -0.1) is 0 Å². The first-order valence-electron chi connectivity index (χ1n) is 8.03. The van der Waals surface area contributed by atoms with Gasteiger partial charge in [-0.1, -0.05) is 6.07 Å². The number of ether oxygens (including phenoxy) is 1. The third-order valence-corrected chi connectivity index (χ3v) is 3.66. The second kappa shape index (κ2) is 8.22. The summed E-state index contributed by atoms with van der Waals surface area (Å²) in [5.41, 5.74) is 2.68. The number of aliphatic imine (C=N–C) groups is 1. The maximum atomic E-state index is 10.2. The number of aromatic hydroxyl groups is 1. The molecule has 2 aromatic rings. The first-order chi connectivity index (χ1) is 11.2. The minimum absolute atomic E-state index is 0.123. The highest BCUT2D eigenvalue weighted by Crippen LogP contribution is 2.29. The van der Waals surface area contributed by atoms with E-state index in [4.69, 9.17) is 4.74 Å². The van der Waals surface area contributed by atoms with Gasteiger partial charge in [-0.3, -0.25) is 4.99 Å². The molecule has 0 bridgehead atoms. The van der Waals surface area contributed by atoms with Gasteiger partial charge < -0.3 is 14.7 Å². The van der Waals surface area contributed by atoms with Crippen LogP contribution in [0, 0.1) is 0 Å². The SMILES string of the molecule is CCOc1cccc(C=Nc2ccc(N(CC)CC)cc2)c1O. The van der Waals surface area contributed by atoms with Crippen molar-refractivity contribution in [2.24, 2.45) is 4.99 Å². The summed E-state index contributed by atoms with van der Waals surface area (Å²) in [7, 11) is 0. The molecule has 23 heavy (non-hydrogen) atoms. The fourth-order valence-electron chi connectivity index (χ4n) is 2.40. The largest absolute Gasteiger partial charge is 0.504 e. The quantitative estimate of drug-likeness (QED) is 0.771. The predicted octanol–water partition coefficient (Wildman–Crippen LogP) is 4.39. The normalized spacial score (nSPS) is 10.9. The molecule has 0 radical (unpaired) electrons. The van der Waals surface area contributed by atoms with Crippen molar-refractivity contribution < 1.29 is 9.84 Å². The Kier molecular flexibility index (Phi) is 6.03. The lowest BCUT2D eigenvalue weighted by Crippen LogP contribution is -2.21. The van der Waals surface area contributed by atoms with Gasteiger partial charge in [0.1, 0.15) is 0 Å². The van der Waals surface area contributed by atoms with E-state index in [2.05, 4.69) is 35.9 Å². The van der Waals surface area contributed by atoms with E-state index in [0.29, 0.717) is 17.9 Å². The molecule has 122 valence electrons. The third-order valence-electron chi connectivity index (χ3n) is 3.66. The topological polar surface area (TPSA) is 45.1 Å². The maximum Gasteiger partial charge on any atom is 0.166 e. The minimum atomic E-state index is 0.123. The predicted molar refractivity (Wildman–Crippen MR) is 96.5 cm³/mol. The zero-order valence-electron chi connectivity index (χ0n) is 14.0. The van der Waals surface area contributed by atoms with Crippen LogP contribution in [-0.4, -0.2) is 31.0 Å². The molecule has 0 aliphatic heterocycles. The van der Waals surface area contributed by atoms with Crippen LogP contribution in [0.3, 0.4) is 0 Å². The smallest absolute Gasteiger partial charge is 0.166 e. The van der Waals surface area contributed by atoms with Gasteiger partial charge in [0.2, 0.25) is 0 Å². The average molecular weight is 312 g/mol. The Morgan fingerprint density at radius 2 is 1.74 bits per heavy atom. The van der Waals surface area contributed by atoms with E-state index in [1.54, 1.807) is 12.3 Å². The molecule has 0 unspecified atom stereocenters. The van der Waals surface area contributed by atoms with Gasteiger partial charge in [0, 0.05) is 30.6 Å². The van der Waals surface area contributed by atoms with Gasteiger partial charge in [-0.05, 0) is 57.2 Å². The van der Waals surface area contributed by atoms with Crippen LogP contribution >= 0.6 is 0 Å². The summed E-state index contributed by atoms with van der Waals surface area (Å²) >= 11 is 0. The summed E-state index contributed by atoms with van der Waals surface area (Å²) < 4.78 is 5.38. The molecule has 4 nitrogen and oxygen atoms in total. The Balaban J connectivity index is 2.16. The molecule has 4 heteroatoms. The Hall–Kier alpha value is -2.49. The van der Waals surface area contributed by atoms with E-state index in [-0.39, 0.29) is 5.75 Å². The van der Waals surface area contributed by atoms with Crippen LogP contribution in [0.5, 0.6) is 11.5 Å². The molecular weight excluding hydrogens is 288 g/mol. The number of para-hydroxylation sites is 1. The lowest BCUT2D eigenvalue weighted by molar-refractivity contribution is 0.318. The molecule has 0 fully saturated rings. The summed E-state index contributed by atoms with van der Waals surface area (Å²) in [6, 6.07) is 13.5. The Bertz CT molecular complexity index is 647. The summed E-state index contributed by atoms with van der Waals surface area (Å²) in [4.78, 5) is 6.71. The van der Waals surface area contributed by atoms with Crippen LogP contribution < -0.4 is 9.64 Å². The lowest BCUT2D eigenvalue weighted by Gasteiger charge is -2.20. The molecule has 0 aliphatic carbocycles. The standard InChI is InChI=1S/C19H24N2O2/c1-4-21(5-2)17-12-10-16(11-13-17)20-14-15-8-7-9-18(19(15)22)23-6-3/h7-14,22H,4-6H2,1-3H3. The number of hydrogen-bond acceptors (Lipinski definition) is 4. The highest BCUT2D eigenvalue weighted by atomic mass is 16.5. The molecular formula is C19H24N2O2. The molecule has 0 saturated carbocycles. The van der Waals surface area contributed by atoms with Gasteiger partial charge in [0.15, 0.2) is 11.5 Å². The number of hydrogen-bond donors (Lipinski definition) is 1. The monoisotopic (exact) mass is 312 g/mol. The number of phenols is 1. The van der Waals surface area contributed by atoms with E-state index >= 15 is 0 Å². The van der Waals surface area contributed by atoms with E-state index in [9.17, 15) is 5.11 Å².